The van der Waals surface area contributed by atoms with E-state index >= 15 is 0 Å². The van der Waals surface area contributed by atoms with Crippen LogP contribution in [0.3, 0.4) is 0 Å². The highest BCUT2D eigenvalue weighted by Crippen LogP contribution is 2.29. The van der Waals surface area contributed by atoms with Crippen LogP contribution in [-0.2, 0) is 6.54 Å². The lowest BCUT2D eigenvalue weighted by atomic mass is 10.1. The predicted molar refractivity (Wildman–Crippen MR) is 94.8 cm³/mol. The minimum atomic E-state index is -0.292. The summed E-state index contributed by atoms with van der Waals surface area (Å²) in [5, 5.41) is 2.80. The van der Waals surface area contributed by atoms with Crippen LogP contribution in [0, 0.1) is 6.92 Å². The lowest BCUT2D eigenvalue weighted by molar-refractivity contribution is 0.0988. The zero-order valence-electron chi connectivity index (χ0n) is 13.7. The molecule has 3 aromatic rings. The van der Waals surface area contributed by atoms with E-state index in [0.717, 1.165) is 22.4 Å². The Morgan fingerprint density at radius 3 is 2.52 bits per heavy atom. The first kappa shape index (κ1) is 15.2. The van der Waals surface area contributed by atoms with E-state index < -0.39 is 0 Å². The van der Waals surface area contributed by atoms with Crippen LogP contribution in [0.5, 0.6) is 0 Å². The molecule has 0 saturated carbocycles. The molecule has 0 saturated heterocycles. The van der Waals surface area contributed by atoms with E-state index in [9.17, 15) is 9.59 Å². The zero-order chi connectivity index (χ0) is 17.4. The van der Waals surface area contributed by atoms with Crippen LogP contribution in [0.4, 0.5) is 11.4 Å². The van der Waals surface area contributed by atoms with Crippen molar-refractivity contribution >= 4 is 23.2 Å². The van der Waals surface area contributed by atoms with Gasteiger partial charge in [-0.25, -0.2) is 0 Å². The molecule has 124 valence electrons. The van der Waals surface area contributed by atoms with Gasteiger partial charge in [-0.15, -0.1) is 0 Å². The standard InChI is InChI=1S/C20H16N2O3/c1-13-10-11-25-18(13)19(23)21-15-6-8-16(9-7-15)22-12-14-4-2-3-5-17(14)20(22)24/h2-11H,12H2,1H3,(H,21,23). The molecule has 0 unspecified atom stereocenters. The Hall–Kier alpha value is -3.34. The smallest absolute Gasteiger partial charge is 0.291 e. The fourth-order valence-corrected chi connectivity index (χ4v) is 2.98. The average molecular weight is 332 g/mol. The van der Waals surface area contributed by atoms with Gasteiger partial charge in [0.05, 0.1) is 12.8 Å². The molecule has 5 nitrogen and oxygen atoms in total. The molecule has 4 rings (SSSR count). The number of carbonyl (C=O) groups excluding carboxylic acids is 2. The third-order valence-electron chi connectivity index (χ3n) is 4.33. The number of fused-ring (bicyclic) bond motifs is 1. The van der Waals surface area contributed by atoms with Gasteiger partial charge in [-0.3, -0.25) is 9.59 Å². The van der Waals surface area contributed by atoms with Gasteiger partial charge in [-0.1, -0.05) is 18.2 Å². The van der Waals surface area contributed by atoms with Gasteiger partial charge < -0.3 is 14.6 Å². The molecule has 1 aromatic heterocycles. The van der Waals surface area contributed by atoms with Crippen molar-refractivity contribution in [1.29, 1.82) is 0 Å². The van der Waals surface area contributed by atoms with Crippen LogP contribution in [0.1, 0.15) is 32.0 Å². The van der Waals surface area contributed by atoms with Gasteiger partial charge >= 0.3 is 0 Å². The largest absolute Gasteiger partial charge is 0.459 e. The molecule has 0 bridgehead atoms. The van der Waals surface area contributed by atoms with Crippen molar-refractivity contribution in [3.8, 4) is 0 Å². The minimum Gasteiger partial charge on any atom is -0.459 e. The SMILES string of the molecule is Cc1ccoc1C(=O)Nc1ccc(N2Cc3ccccc3C2=O)cc1. The van der Waals surface area contributed by atoms with Gasteiger partial charge in [0.25, 0.3) is 11.8 Å². The molecule has 5 heteroatoms. The molecule has 0 atom stereocenters. The van der Waals surface area contributed by atoms with E-state index in [0.29, 0.717) is 18.0 Å². The van der Waals surface area contributed by atoms with Crippen LogP contribution in [-0.4, -0.2) is 11.8 Å². The highest BCUT2D eigenvalue weighted by molar-refractivity contribution is 6.10. The van der Waals surface area contributed by atoms with E-state index in [4.69, 9.17) is 4.42 Å². The number of nitrogens with zero attached hydrogens (tertiary/aromatic N) is 1. The number of furan rings is 1. The Morgan fingerprint density at radius 2 is 1.84 bits per heavy atom. The second-order valence-corrected chi connectivity index (χ2v) is 5.98. The lowest BCUT2D eigenvalue weighted by Gasteiger charge is -2.16. The summed E-state index contributed by atoms with van der Waals surface area (Å²) >= 11 is 0. The van der Waals surface area contributed by atoms with Crippen molar-refractivity contribution in [3.63, 3.8) is 0 Å². The Labute approximate surface area is 144 Å². The molecule has 2 aromatic carbocycles. The molecule has 0 aliphatic carbocycles. The van der Waals surface area contributed by atoms with Crippen LogP contribution in [0.15, 0.2) is 65.3 Å². The summed E-state index contributed by atoms with van der Waals surface area (Å²) in [7, 11) is 0. The number of aryl methyl sites for hydroxylation is 1. The Kier molecular flexibility index (Phi) is 3.61. The van der Waals surface area contributed by atoms with Gasteiger partial charge in [0.2, 0.25) is 0 Å². The Morgan fingerprint density at radius 1 is 1.08 bits per heavy atom. The fourth-order valence-electron chi connectivity index (χ4n) is 2.98. The van der Waals surface area contributed by atoms with Gasteiger partial charge in [-0.2, -0.15) is 0 Å². The topological polar surface area (TPSA) is 62.6 Å². The first-order valence-electron chi connectivity index (χ1n) is 7.99. The number of hydrogen-bond acceptors (Lipinski definition) is 3. The highest BCUT2D eigenvalue weighted by atomic mass is 16.3. The van der Waals surface area contributed by atoms with E-state index in [-0.39, 0.29) is 11.8 Å². The van der Waals surface area contributed by atoms with Gasteiger partial charge in [0.15, 0.2) is 5.76 Å². The summed E-state index contributed by atoms with van der Waals surface area (Å²) in [4.78, 5) is 26.4. The third kappa shape index (κ3) is 2.70. The quantitative estimate of drug-likeness (QED) is 0.788. The maximum atomic E-state index is 12.5. The number of benzene rings is 2. The molecular formula is C20H16N2O3. The summed E-state index contributed by atoms with van der Waals surface area (Å²) in [6.45, 7) is 2.38. The van der Waals surface area contributed by atoms with E-state index in [1.807, 2.05) is 43.3 Å². The van der Waals surface area contributed by atoms with Gasteiger partial charge in [0, 0.05) is 22.5 Å². The van der Waals surface area contributed by atoms with Gasteiger partial charge in [-0.05, 0) is 48.9 Å². The predicted octanol–water partition coefficient (Wildman–Crippen LogP) is 4.00. The number of nitrogens with one attached hydrogen (secondary N) is 1. The maximum absolute atomic E-state index is 12.5. The average Bonchev–Trinajstić information content (AvgIpc) is 3.20. The summed E-state index contributed by atoms with van der Waals surface area (Å²) in [5.41, 5.74) is 4.00. The molecule has 0 radical (unpaired) electrons. The van der Waals surface area contributed by atoms with Crippen molar-refractivity contribution in [3.05, 3.63) is 83.3 Å². The third-order valence-corrected chi connectivity index (χ3v) is 4.33. The molecule has 0 spiro atoms. The van der Waals surface area contributed by atoms with Crippen molar-refractivity contribution in [2.45, 2.75) is 13.5 Å². The molecule has 1 N–H and O–H groups in total. The van der Waals surface area contributed by atoms with Crippen LogP contribution in [0.25, 0.3) is 0 Å². The van der Waals surface area contributed by atoms with Gasteiger partial charge in [0.1, 0.15) is 0 Å². The molecular weight excluding hydrogens is 316 g/mol. The monoisotopic (exact) mass is 332 g/mol. The van der Waals surface area contributed by atoms with Crippen LogP contribution in [0.2, 0.25) is 0 Å². The lowest BCUT2D eigenvalue weighted by Crippen LogP contribution is -2.22. The first-order chi connectivity index (χ1) is 12.1. The minimum absolute atomic E-state index is 0.00130. The Balaban J connectivity index is 1.51. The molecule has 2 amide bonds. The number of anilines is 2. The molecule has 25 heavy (non-hydrogen) atoms. The van der Waals surface area contributed by atoms with E-state index in [2.05, 4.69) is 5.32 Å². The number of rotatable bonds is 3. The first-order valence-corrected chi connectivity index (χ1v) is 7.99. The van der Waals surface area contributed by atoms with Crippen molar-refractivity contribution in [2.75, 3.05) is 10.2 Å². The molecule has 1 aliphatic heterocycles. The normalized spacial score (nSPS) is 13.0. The molecule has 0 fully saturated rings. The summed E-state index contributed by atoms with van der Waals surface area (Å²) in [5.74, 6) is 0.00717. The second kappa shape index (κ2) is 5.94. The van der Waals surface area contributed by atoms with Crippen molar-refractivity contribution < 1.29 is 14.0 Å². The van der Waals surface area contributed by atoms with E-state index in [1.54, 1.807) is 23.1 Å². The second-order valence-electron chi connectivity index (χ2n) is 5.98. The van der Waals surface area contributed by atoms with E-state index in [1.165, 1.54) is 6.26 Å². The van der Waals surface area contributed by atoms with Crippen molar-refractivity contribution in [1.82, 2.24) is 0 Å². The maximum Gasteiger partial charge on any atom is 0.291 e. The summed E-state index contributed by atoms with van der Waals surface area (Å²) in [6, 6.07) is 16.6. The highest BCUT2D eigenvalue weighted by Gasteiger charge is 2.27. The Bertz CT molecular complexity index is 957. The van der Waals surface area contributed by atoms with Crippen LogP contribution < -0.4 is 10.2 Å². The molecule has 1 aliphatic rings. The van der Waals surface area contributed by atoms with Crippen molar-refractivity contribution in [2.24, 2.45) is 0 Å². The number of carbonyl (C=O) groups is 2. The number of hydrogen-bond donors (Lipinski definition) is 1. The van der Waals surface area contributed by atoms with Crippen LogP contribution >= 0.6 is 0 Å². The number of amides is 2. The fraction of sp³-hybridized carbons (Fsp3) is 0.100. The summed E-state index contributed by atoms with van der Waals surface area (Å²) < 4.78 is 5.19. The zero-order valence-corrected chi connectivity index (χ0v) is 13.7. The molecule has 2 heterocycles. The summed E-state index contributed by atoms with van der Waals surface area (Å²) in [6.07, 6.45) is 1.49.